The molecule has 1 heterocycles. The summed E-state index contributed by atoms with van der Waals surface area (Å²) in [5.41, 5.74) is 3.29. The topological polar surface area (TPSA) is 40.5 Å². The molecule has 0 atom stereocenters. The first kappa shape index (κ1) is 12.2. The van der Waals surface area contributed by atoms with Crippen molar-refractivity contribution in [2.24, 2.45) is 0 Å². The number of benzene rings is 1. The molecule has 0 radical (unpaired) electrons. The van der Waals surface area contributed by atoms with Gasteiger partial charge in [0, 0.05) is 30.1 Å². The number of carboxylic acid groups (broad SMARTS) is 1. The number of para-hydroxylation sites is 1. The monoisotopic (exact) mass is 241 g/mol. The molecule has 3 nitrogen and oxygen atoms in total. The van der Waals surface area contributed by atoms with Crippen molar-refractivity contribution < 1.29 is 9.90 Å². The first-order valence-corrected chi connectivity index (χ1v) is 5.88. The van der Waals surface area contributed by atoms with Crippen LogP contribution in [0.25, 0.3) is 5.57 Å². The minimum atomic E-state index is -0.935. The second kappa shape index (κ2) is 5.36. The van der Waals surface area contributed by atoms with Crippen molar-refractivity contribution >= 4 is 17.2 Å². The van der Waals surface area contributed by atoms with Gasteiger partial charge in [0.15, 0.2) is 0 Å². The van der Waals surface area contributed by atoms with E-state index >= 15 is 0 Å². The number of hydrogen-bond acceptors (Lipinski definition) is 2. The van der Waals surface area contributed by atoms with Crippen LogP contribution in [0.1, 0.15) is 12.5 Å². The SMILES string of the molecule is CCN1C=C/C(=C\C=C\C(=O)O)c2ccccc21. The molecule has 1 aromatic rings. The van der Waals surface area contributed by atoms with Crippen LogP contribution in [-0.4, -0.2) is 17.6 Å². The van der Waals surface area contributed by atoms with Gasteiger partial charge in [-0.2, -0.15) is 0 Å². The van der Waals surface area contributed by atoms with Gasteiger partial charge in [0.25, 0.3) is 0 Å². The van der Waals surface area contributed by atoms with E-state index in [2.05, 4.69) is 17.9 Å². The number of carbonyl (C=O) groups is 1. The maximum Gasteiger partial charge on any atom is 0.328 e. The van der Waals surface area contributed by atoms with E-state index in [0.717, 1.165) is 29.4 Å². The van der Waals surface area contributed by atoms with Crippen LogP contribution in [0.2, 0.25) is 0 Å². The summed E-state index contributed by atoms with van der Waals surface area (Å²) >= 11 is 0. The lowest BCUT2D eigenvalue weighted by Gasteiger charge is -2.26. The highest BCUT2D eigenvalue weighted by Crippen LogP contribution is 2.32. The third-order valence-electron chi connectivity index (χ3n) is 2.81. The number of carboxylic acids is 1. The fraction of sp³-hybridized carbons (Fsp3) is 0.133. The van der Waals surface area contributed by atoms with Gasteiger partial charge in [-0.25, -0.2) is 4.79 Å². The summed E-state index contributed by atoms with van der Waals surface area (Å²) in [6.45, 7) is 3.01. The average molecular weight is 241 g/mol. The van der Waals surface area contributed by atoms with Gasteiger partial charge < -0.3 is 10.0 Å². The third-order valence-corrected chi connectivity index (χ3v) is 2.81. The first-order valence-electron chi connectivity index (χ1n) is 5.88. The quantitative estimate of drug-likeness (QED) is 0.827. The lowest BCUT2D eigenvalue weighted by molar-refractivity contribution is -0.131. The molecule has 0 unspecified atom stereocenters. The predicted molar refractivity (Wildman–Crippen MR) is 73.4 cm³/mol. The summed E-state index contributed by atoms with van der Waals surface area (Å²) in [5, 5.41) is 8.58. The molecular weight excluding hydrogens is 226 g/mol. The van der Waals surface area contributed by atoms with Crippen LogP contribution in [0, 0.1) is 0 Å². The van der Waals surface area contributed by atoms with Gasteiger partial charge in [-0.3, -0.25) is 0 Å². The Balaban J connectivity index is 2.38. The molecule has 1 aromatic carbocycles. The Morgan fingerprint density at radius 3 is 2.89 bits per heavy atom. The van der Waals surface area contributed by atoms with Crippen LogP contribution in [0.15, 0.2) is 54.8 Å². The molecule has 0 fully saturated rings. The first-order chi connectivity index (χ1) is 8.72. The van der Waals surface area contributed by atoms with E-state index in [-0.39, 0.29) is 0 Å². The van der Waals surface area contributed by atoms with Gasteiger partial charge in [-0.05, 0) is 24.6 Å². The Kier molecular flexibility index (Phi) is 3.63. The molecule has 1 N–H and O–H groups in total. The highest BCUT2D eigenvalue weighted by molar-refractivity contribution is 5.87. The van der Waals surface area contributed by atoms with Crippen LogP contribution in [0.4, 0.5) is 5.69 Å². The minimum Gasteiger partial charge on any atom is -0.478 e. The van der Waals surface area contributed by atoms with Gasteiger partial charge >= 0.3 is 5.97 Å². The summed E-state index contributed by atoms with van der Waals surface area (Å²) in [5.74, 6) is -0.935. The molecule has 0 amide bonds. The molecule has 0 spiro atoms. The smallest absolute Gasteiger partial charge is 0.328 e. The average Bonchev–Trinajstić information content (AvgIpc) is 2.38. The van der Waals surface area contributed by atoms with Crippen molar-refractivity contribution in [1.29, 1.82) is 0 Å². The third kappa shape index (κ3) is 2.51. The summed E-state index contributed by atoms with van der Waals surface area (Å²) in [6, 6.07) is 8.10. The zero-order valence-corrected chi connectivity index (χ0v) is 10.2. The lowest BCUT2D eigenvalue weighted by atomic mass is 9.99. The zero-order chi connectivity index (χ0) is 13.0. The van der Waals surface area contributed by atoms with Crippen molar-refractivity contribution in [2.45, 2.75) is 6.92 Å². The second-order valence-corrected chi connectivity index (χ2v) is 3.94. The molecule has 0 saturated heterocycles. The Morgan fingerprint density at radius 1 is 1.39 bits per heavy atom. The number of aliphatic carboxylic acids is 1. The van der Waals surface area contributed by atoms with Crippen molar-refractivity contribution in [3.05, 3.63) is 60.3 Å². The summed E-state index contributed by atoms with van der Waals surface area (Å²) in [7, 11) is 0. The number of allylic oxidation sites excluding steroid dienone is 4. The van der Waals surface area contributed by atoms with Crippen molar-refractivity contribution in [3.63, 3.8) is 0 Å². The van der Waals surface area contributed by atoms with E-state index in [1.807, 2.05) is 36.6 Å². The van der Waals surface area contributed by atoms with Crippen LogP contribution in [-0.2, 0) is 4.79 Å². The molecular formula is C15H15NO2. The van der Waals surface area contributed by atoms with Crippen LogP contribution in [0.5, 0.6) is 0 Å². The van der Waals surface area contributed by atoms with Crippen LogP contribution in [0.3, 0.4) is 0 Å². The molecule has 1 aliphatic heterocycles. The fourth-order valence-electron chi connectivity index (χ4n) is 1.96. The highest BCUT2D eigenvalue weighted by atomic mass is 16.4. The van der Waals surface area contributed by atoms with E-state index < -0.39 is 5.97 Å². The number of rotatable bonds is 3. The zero-order valence-electron chi connectivity index (χ0n) is 10.2. The number of hydrogen-bond donors (Lipinski definition) is 1. The summed E-state index contributed by atoms with van der Waals surface area (Å²) in [4.78, 5) is 12.6. The normalized spacial score (nSPS) is 16.3. The minimum absolute atomic E-state index is 0.908. The van der Waals surface area contributed by atoms with Gasteiger partial charge in [0.2, 0.25) is 0 Å². The number of fused-ring (bicyclic) bond motifs is 1. The largest absolute Gasteiger partial charge is 0.478 e. The Labute approximate surface area is 106 Å². The standard InChI is InChI=1S/C15H15NO2/c1-2-16-11-10-12(6-5-9-15(17)18)13-7-3-4-8-14(13)16/h3-11H,2H2,1H3,(H,17,18)/b9-5+,12-6+. The summed E-state index contributed by atoms with van der Waals surface area (Å²) in [6.07, 6.45) is 8.52. The Hall–Kier alpha value is -2.29. The number of nitrogens with zero attached hydrogens (tertiary/aromatic N) is 1. The van der Waals surface area contributed by atoms with E-state index in [1.54, 1.807) is 6.08 Å². The highest BCUT2D eigenvalue weighted by Gasteiger charge is 2.13. The van der Waals surface area contributed by atoms with Crippen LogP contribution < -0.4 is 4.90 Å². The van der Waals surface area contributed by atoms with Crippen molar-refractivity contribution in [2.75, 3.05) is 11.4 Å². The maximum atomic E-state index is 10.4. The Morgan fingerprint density at radius 2 is 2.17 bits per heavy atom. The molecule has 3 heteroatoms. The molecule has 0 saturated carbocycles. The molecule has 1 aliphatic rings. The molecule has 0 aromatic heterocycles. The number of anilines is 1. The van der Waals surface area contributed by atoms with Gasteiger partial charge in [-0.1, -0.05) is 30.4 Å². The molecule has 0 aliphatic carbocycles. The van der Waals surface area contributed by atoms with E-state index in [9.17, 15) is 4.79 Å². The predicted octanol–water partition coefficient (Wildman–Crippen LogP) is 3.06. The molecule has 2 rings (SSSR count). The van der Waals surface area contributed by atoms with E-state index in [4.69, 9.17) is 5.11 Å². The van der Waals surface area contributed by atoms with E-state index in [0.29, 0.717) is 0 Å². The molecule has 0 bridgehead atoms. The fourth-order valence-corrected chi connectivity index (χ4v) is 1.96. The molecule has 92 valence electrons. The van der Waals surface area contributed by atoms with Gasteiger partial charge in [-0.15, -0.1) is 0 Å². The van der Waals surface area contributed by atoms with Crippen molar-refractivity contribution in [1.82, 2.24) is 0 Å². The second-order valence-electron chi connectivity index (χ2n) is 3.94. The van der Waals surface area contributed by atoms with E-state index in [1.165, 1.54) is 0 Å². The lowest BCUT2D eigenvalue weighted by Crippen LogP contribution is -2.18. The summed E-state index contributed by atoms with van der Waals surface area (Å²) < 4.78 is 0. The van der Waals surface area contributed by atoms with Crippen LogP contribution >= 0.6 is 0 Å². The van der Waals surface area contributed by atoms with Gasteiger partial charge in [0.05, 0.1) is 0 Å². The van der Waals surface area contributed by atoms with Crippen molar-refractivity contribution in [3.8, 4) is 0 Å². The maximum absolute atomic E-state index is 10.4. The Bertz CT molecular complexity index is 541. The van der Waals surface area contributed by atoms with Gasteiger partial charge in [0.1, 0.15) is 0 Å². The molecule has 18 heavy (non-hydrogen) atoms.